The van der Waals surface area contributed by atoms with Crippen molar-refractivity contribution in [3.63, 3.8) is 0 Å². The molecule has 1 aromatic carbocycles. The molecule has 2 aromatic rings. The molecular formula is C17H19BrO2. The smallest absolute Gasteiger partial charge is 0.147 e. The first-order chi connectivity index (χ1) is 9.74. The van der Waals surface area contributed by atoms with Gasteiger partial charge in [-0.25, -0.2) is 0 Å². The Bertz CT molecular complexity index is 555. The molecule has 1 atom stereocenters. The molecule has 0 amide bonds. The summed E-state index contributed by atoms with van der Waals surface area (Å²) in [6, 6.07) is 12.2. The van der Waals surface area contributed by atoms with Crippen molar-refractivity contribution in [1.82, 2.24) is 0 Å². The molecule has 3 rings (SSSR count). The SMILES string of the molecule is OC(c1occc1Br)C1(c2ccccc2)CCCCC1. The minimum Gasteiger partial charge on any atom is -0.465 e. The molecule has 0 spiro atoms. The second-order valence-electron chi connectivity index (χ2n) is 5.62. The van der Waals surface area contributed by atoms with Crippen LogP contribution in [0, 0.1) is 0 Å². The van der Waals surface area contributed by atoms with Gasteiger partial charge < -0.3 is 9.52 Å². The van der Waals surface area contributed by atoms with Crippen molar-refractivity contribution in [2.24, 2.45) is 0 Å². The molecular weight excluding hydrogens is 316 g/mol. The molecule has 1 aromatic heterocycles. The third kappa shape index (κ3) is 2.33. The van der Waals surface area contributed by atoms with Crippen LogP contribution in [0.3, 0.4) is 0 Å². The van der Waals surface area contributed by atoms with Crippen LogP contribution in [-0.4, -0.2) is 5.11 Å². The minimum absolute atomic E-state index is 0.222. The van der Waals surface area contributed by atoms with Crippen molar-refractivity contribution >= 4 is 15.9 Å². The van der Waals surface area contributed by atoms with Crippen LogP contribution in [0.5, 0.6) is 0 Å². The summed E-state index contributed by atoms with van der Waals surface area (Å²) in [6.45, 7) is 0. The van der Waals surface area contributed by atoms with Crippen molar-refractivity contribution < 1.29 is 9.52 Å². The van der Waals surface area contributed by atoms with E-state index in [4.69, 9.17) is 4.42 Å². The van der Waals surface area contributed by atoms with Gasteiger partial charge in [-0.15, -0.1) is 0 Å². The minimum atomic E-state index is -0.602. The molecule has 106 valence electrons. The largest absolute Gasteiger partial charge is 0.465 e. The van der Waals surface area contributed by atoms with E-state index in [9.17, 15) is 5.11 Å². The van der Waals surface area contributed by atoms with E-state index in [1.165, 1.54) is 12.0 Å². The average molecular weight is 335 g/mol. The molecule has 0 saturated heterocycles. The first-order valence-electron chi connectivity index (χ1n) is 7.20. The van der Waals surface area contributed by atoms with Gasteiger partial charge in [-0.2, -0.15) is 0 Å². The third-order valence-corrected chi connectivity index (χ3v) is 5.17. The molecule has 3 heteroatoms. The Kier molecular flexibility index (Phi) is 3.99. The number of hydrogen-bond donors (Lipinski definition) is 1. The summed E-state index contributed by atoms with van der Waals surface area (Å²) in [5.41, 5.74) is 0.996. The van der Waals surface area contributed by atoms with Crippen molar-refractivity contribution in [2.75, 3.05) is 0 Å². The Morgan fingerprint density at radius 1 is 1.05 bits per heavy atom. The second kappa shape index (κ2) is 5.74. The number of hydrogen-bond acceptors (Lipinski definition) is 2. The van der Waals surface area contributed by atoms with Gasteiger partial charge in [-0.05, 0) is 40.4 Å². The molecule has 0 bridgehead atoms. The zero-order valence-electron chi connectivity index (χ0n) is 11.4. The van der Waals surface area contributed by atoms with Gasteiger partial charge in [0, 0.05) is 5.41 Å². The van der Waals surface area contributed by atoms with Gasteiger partial charge in [0.15, 0.2) is 0 Å². The second-order valence-corrected chi connectivity index (χ2v) is 6.47. The van der Waals surface area contributed by atoms with E-state index < -0.39 is 6.10 Å². The van der Waals surface area contributed by atoms with Gasteiger partial charge >= 0.3 is 0 Å². The third-order valence-electron chi connectivity index (χ3n) is 4.51. The molecule has 1 heterocycles. The lowest BCUT2D eigenvalue weighted by Crippen LogP contribution is -2.36. The highest BCUT2D eigenvalue weighted by molar-refractivity contribution is 9.10. The molecule has 20 heavy (non-hydrogen) atoms. The lowest BCUT2D eigenvalue weighted by atomic mass is 9.65. The standard InChI is InChI=1S/C17H19BrO2/c18-14-9-12-20-15(14)16(19)17(10-5-2-6-11-17)13-7-3-1-4-8-13/h1,3-4,7-9,12,16,19H,2,5-6,10-11H2. The number of halogens is 1. The van der Waals surface area contributed by atoms with Gasteiger partial charge in [-0.3, -0.25) is 0 Å². The van der Waals surface area contributed by atoms with E-state index >= 15 is 0 Å². The van der Waals surface area contributed by atoms with Crippen LogP contribution in [0.4, 0.5) is 0 Å². The summed E-state index contributed by atoms with van der Waals surface area (Å²) < 4.78 is 6.38. The summed E-state index contributed by atoms with van der Waals surface area (Å²) >= 11 is 3.48. The molecule has 1 N–H and O–H groups in total. The lowest BCUT2D eigenvalue weighted by Gasteiger charge is -2.41. The summed E-state index contributed by atoms with van der Waals surface area (Å²) in [5, 5.41) is 11.0. The molecule has 1 aliphatic rings. The molecule has 1 saturated carbocycles. The summed E-state index contributed by atoms with van der Waals surface area (Å²) in [5.74, 6) is 0.649. The van der Waals surface area contributed by atoms with Crippen LogP contribution in [0.1, 0.15) is 49.5 Å². The summed E-state index contributed by atoms with van der Waals surface area (Å²) in [7, 11) is 0. The highest BCUT2D eigenvalue weighted by Gasteiger charge is 2.43. The van der Waals surface area contributed by atoms with E-state index in [-0.39, 0.29) is 5.41 Å². The van der Waals surface area contributed by atoms with Gasteiger partial charge in [0.1, 0.15) is 11.9 Å². The number of benzene rings is 1. The summed E-state index contributed by atoms with van der Waals surface area (Å²) in [6.07, 6.45) is 6.60. The van der Waals surface area contributed by atoms with Crippen LogP contribution in [0.25, 0.3) is 0 Å². The first-order valence-corrected chi connectivity index (χ1v) is 8.00. The predicted molar refractivity (Wildman–Crippen MR) is 82.6 cm³/mol. The maximum Gasteiger partial charge on any atom is 0.147 e. The molecule has 1 unspecified atom stereocenters. The van der Waals surface area contributed by atoms with Crippen molar-refractivity contribution in [1.29, 1.82) is 0 Å². The van der Waals surface area contributed by atoms with E-state index in [1.54, 1.807) is 6.26 Å². The van der Waals surface area contributed by atoms with Gasteiger partial charge in [0.2, 0.25) is 0 Å². The fourth-order valence-corrected chi connectivity index (χ4v) is 3.84. The van der Waals surface area contributed by atoms with E-state index in [2.05, 4.69) is 40.2 Å². The Labute approximate surface area is 127 Å². The highest BCUT2D eigenvalue weighted by atomic mass is 79.9. The Morgan fingerprint density at radius 2 is 1.75 bits per heavy atom. The van der Waals surface area contributed by atoms with Crippen LogP contribution in [-0.2, 0) is 5.41 Å². The molecule has 2 nitrogen and oxygen atoms in total. The number of furan rings is 1. The number of aliphatic hydroxyl groups excluding tert-OH is 1. The van der Waals surface area contributed by atoms with Crippen LogP contribution in [0.2, 0.25) is 0 Å². The topological polar surface area (TPSA) is 33.4 Å². The van der Waals surface area contributed by atoms with Crippen LogP contribution >= 0.6 is 15.9 Å². The van der Waals surface area contributed by atoms with Gasteiger partial charge in [0.05, 0.1) is 10.7 Å². The van der Waals surface area contributed by atoms with Crippen LogP contribution in [0.15, 0.2) is 51.6 Å². The fourth-order valence-electron chi connectivity index (χ4n) is 3.42. The first kappa shape index (κ1) is 13.9. The number of rotatable bonds is 3. The predicted octanol–water partition coefficient (Wildman–Crippen LogP) is 4.98. The average Bonchev–Trinajstić information content (AvgIpc) is 2.94. The maximum absolute atomic E-state index is 11.0. The number of aliphatic hydroxyl groups is 1. The van der Waals surface area contributed by atoms with Gasteiger partial charge in [0.25, 0.3) is 0 Å². The fraction of sp³-hybridized carbons (Fsp3) is 0.412. The zero-order valence-corrected chi connectivity index (χ0v) is 13.0. The normalized spacial score (nSPS) is 19.7. The van der Waals surface area contributed by atoms with E-state index in [1.807, 2.05) is 12.1 Å². The van der Waals surface area contributed by atoms with Crippen molar-refractivity contribution in [2.45, 2.75) is 43.6 Å². The van der Waals surface area contributed by atoms with Crippen LogP contribution < -0.4 is 0 Å². The van der Waals surface area contributed by atoms with Crippen molar-refractivity contribution in [3.05, 3.63) is 58.5 Å². The van der Waals surface area contributed by atoms with E-state index in [0.717, 1.165) is 30.2 Å². The van der Waals surface area contributed by atoms with Crippen molar-refractivity contribution in [3.8, 4) is 0 Å². The molecule has 1 aliphatic carbocycles. The monoisotopic (exact) mass is 334 g/mol. The molecule has 1 fully saturated rings. The Hall–Kier alpha value is -1.06. The zero-order chi connectivity index (χ0) is 14.0. The maximum atomic E-state index is 11.0. The highest BCUT2D eigenvalue weighted by Crippen LogP contribution is 2.49. The van der Waals surface area contributed by atoms with Gasteiger partial charge in [-0.1, -0.05) is 49.6 Å². The van der Waals surface area contributed by atoms with E-state index in [0.29, 0.717) is 5.76 Å². The summed E-state index contributed by atoms with van der Waals surface area (Å²) in [4.78, 5) is 0. The Morgan fingerprint density at radius 3 is 2.35 bits per heavy atom. The molecule has 0 aliphatic heterocycles. The quantitative estimate of drug-likeness (QED) is 0.858. The Balaban J connectivity index is 2.04. The molecule has 0 radical (unpaired) electrons. The lowest BCUT2D eigenvalue weighted by molar-refractivity contribution is 0.0351.